The third-order valence-electron chi connectivity index (χ3n) is 2.55. The molecule has 2 rings (SSSR count). The summed E-state index contributed by atoms with van der Waals surface area (Å²) in [6, 6.07) is 0.114. The highest BCUT2D eigenvalue weighted by Gasteiger charge is 2.20. The van der Waals surface area contributed by atoms with Gasteiger partial charge in [0, 0.05) is 26.2 Å². The highest BCUT2D eigenvalue weighted by Crippen LogP contribution is 2.14. The third-order valence-corrected chi connectivity index (χ3v) is 2.55. The van der Waals surface area contributed by atoms with Gasteiger partial charge in [0.15, 0.2) is 5.82 Å². The average Bonchev–Trinajstić information content (AvgIpc) is 2.65. The Balaban J connectivity index is 2.06. The minimum atomic E-state index is -0.484. The van der Waals surface area contributed by atoms with Crippen molar-refractivity contribution in [2.24, 2.45) is 0 Å². The number of piperazine rings is 1. The molecule has 0 aromatic carbocycles. The molecule has 1 aromatic heterocycles. The summed E-state index contributed by atoms with van der Waals surface area (Å²) in [7, 11) is 0. The number of hydrogen-bond donors (Lipinski definition) is 2. The molecular formula is C8H14N4O2. The molecule has 1 aliphatic heterocycles. The standard InChI is InChI=1S/C8H14N4O2/c1-6(7-10-8(13)14-11-7)12-4-2-9-3-5-12/h6,9H,2-5H2,1H3,(H,10,11,13). The Morgan fingerprint density at radius 2 is 2.21 bits per heavy atom. The zero-order valence-electron chi connectivity index (χ0n) is 8.12. The molecule has 6 nitrogen and oxygen atoms in total. The van der Waals surface area contributed by atoms with Crippen LogP contribution >= 0.6 is 0 Å². The van der Waals surface area contributed by atoms with Gasteiger partial charge >= 0.3 is 5.76 Å². The highest BCUT2D eigenvalue weighted by molar-refractivity contribution is 4.90. The van der Waals surface area contributed by atoms with E-state index in [4.69, 9.17) is 0 Å². The van der Waals surface area contributed by atoms with Crippen LogP contribution in [0.3, 0.4) is 0 Å². The highest BCUT2D eigenvalue weighted by atomic mass is 16.5. The lowest BCUT2D eigenvalue weighted by Gasteiger charge is -2.31. The third kappa shape index (κ3) is 1.85. The second-order valence-corrected chi connectivity index (χ2v) is 3.44. The van der Waals surface area contributed by atoms with Crippen LogP contribution in [0.4, 0.5) is 0 Å². The molecule has 1 unspecified atom stereocenters. The Labute approximate surface area is 81.3 Å². The van der Waals surface area contributed by atoms with E-state index in [0.29, 0.717) is 5.82 Å². The summed E-state index contributed by atoms with van der Waals surface area (Å²) in [6.07, 6.45) is 0. The van der Waals surface area contributed by atoms with Gasteiger partial charge in [-0.3, -0.25) is 14.4 Å². The summed E-state index contributed by atoms with van der Waals surface area (Å²) >= 11 is 0. The van der Waals surface area contributed by atoms with E-state index in [1.165, 1.54) is 0 Å². The smallest absolute Gasteiger partial charge is 0.314 e. The molecule has 0 spiro atoms. The predicted octanol–water partition coefficient (Wildman–Crippen LogP) is -0.671. The lowest BCUT2D eigenvalue weighted by Crippen LogP contribution is -2.44. The van der Waals surface area contributed by atoms with Gasteiger partial charge in [0.05, 0.1) is 6.04 Å². The molecule has 0 amide bonds. The predicted molar refractivity (Wildman–Crippen MR) is 50.0 cm³/mol. The average molecular weight is 198 g/mol. The van der Waals surface area contributed by atoms with Crippen LogP contribution in [0, 0.1) is 0 Å². The van der Waals surface area contributed by atoms with Gasteiger partial charge in [-0.05, 0) is 6.92 Å². The van der Waals surface area contributed by atoms with Crippen molar-refractivity contribution in [3.63, 3.8) is 0 Å². The molecule has 1 aliphatic rings. The van der Waals surface area contributed by atoms with Crippen LogP contribution in [0.5, 0.6) is 0 Å². The maximum atomic E-state index is 10.8. The van der Waals surface area contributed by atoms with Crippen LogP contribution in [-0.4, -0.2) is 41.2 Å². The van der Waals surface area contributed by atoms with Crippen LogP contribution in [0.25, 0.3) is 0 Å². The Hall–Kier alpha value is -1.14. The van der Waals surface area contributed by atoms with E-state index in [2.05, 4.69) is 24.9 Å². The molecule has 1 saturated heterocycles. The van der Waals surface area contributed by atoms with Gasteiger partial charge in [-0.25, -0.2) is 4.79 Å². The molecule has 0 aliphatic carbocycles. The number of nitrogens with one attached hydrogen (secondary N) is 2. The quantitative estimate of drug-likeness (QED) is 0.659. The fraction of sp³-hybridized carbons (Fsp3) is 0.750. The van der Waals surface area contributed by atoms with Crippen molar-refractivity contribution in [2.45, 2.75) is 13.0 Å². The SMILES string of the molecule is CC(c1noc(=O)[nH]1)N1CCNCC1. The minimum Gasteiger partial charge on any atom is -0.314 e. The molecular weight excluding hydrogens is 184 g/mol. The summed E-state index contributed by atoms with van der Waals surface area (Å²) in [5.41, 5.74) is 0. The number of nitrogens with zero attached hydrogens (tertiary/aromatic N) is 2. The molecule has 0 radical (unpaired) electrons. The van der Waals surface area contributed by atoms with Gasteiger partial charge in [-0.15, -0.1) is 0 Å². The molecule has 1 fully saturated rings. The number of H-pyrrole nitrogens is 1. The summed E-state index contributed by atoms with van der Waals surface area (Å²) in [4.78, 5) is 15.6. The Morgan fingerprint density at radius 3 is 2.79 bits per heavy atom. The molecule has 2 heterocycles. The van der Waals surface area contributed by atoms with Gasteiger partial charge in [0.25, 0.3) is 0 Å². The van der Waals surface area contributed by atoms with E-state index >= 15 is 0 Å². The molecule has 0 saturated carbocycles. The number of aromatic amines is 1. The first kappa shape index (κ1) is 9.42. The van der Waals surface area contributed by atoms with Crippen molar-refractivity contribution in [1.82, 2.24) is 20.4 Å². The van der Waals surface area contributed by atoms with Gasteiger partial charge in [-0.1, -0.05) is 5.16 Å². The largest absolute Gasteiger partial charge is 0.438 e. The van der Waals surface area contributed by atoms with E-state index < -0.39 is 5.76 Å². The molecule has 6 heteroatoms. The van der Waals surface area contributed by atoms with Crippen LogP contribution in [0.1, 0.15) is 18.8 Å². The number of hydrogen-bond acceptors (Lipinski definition) is 5. The molecule has 78 valence electrons. The molecule has 14 heavy (non-hydrogen) atoms. The Bertz CT molecular complexity index is 339. The fourth-order valence-corrected chi connectivity index (χ4v) is 1.66. The van der Waals surface area contributed by atoms with Gasteiger partial charge in [-0.2, -0.15) is 0 Å². The normalized spacial score (nSPS) is 20.9. The van der Waals surface area contributed by atoms with E-state index in [0.717, 1.165) is 26.2 Å². The van der Waals surface area contributed by atoms with E-state index in [1.807, 2.05) is 6.92 Å². The fourth-order valence-electron chi connectivity index (χ4n) is 1.66. The summed E-state index contributed by atoms with van der Waals surface area (Å²) < 4.78 is 4.47. The van der Waals surface area contributed by atoms with Crippen molar-refractivity contribution < 1.29 is 4.52 Å². The molecule has 2 N–H and O–H groups in total. The van der Waals surface area contributed by atoms with Crippen molar-refractivity contribution in [3.05, 3.63) is 16.4 Å². The zero-order valence-corrected chi connectivity index (χ0v) is 8.12. The Morgan fingerprint density at radius 1 is 1.50 bits per heavy atom. The van der Waals surface area contributed by atoms with Gasteiger partial charge in [0.1, 0.15) is 0 Å². The summed E-state index contributed by atoms with van der Waals surface area (Å²) in [5.74, 6) is 0.124. The van der Waals surface area contributed by atoms with Crippen LogP contribution in [0.15, 0.2) is 9.32 Å². The van der Waals surface area contributed by atoms with Gasteiger partial charge in [0.2, 0.25) is 0 Å². The second-order valence-electron chi connectivity index (χ2n) is 3.44. The van der Waals surface area contributed by atoms with E-state index in [-0.39, 0.29) is 6.04 Å². The zero-order chi connectivity index (χ0) is 9.97. The molecule has 0 bridgehead atoms. The first-order chi connectivity index (χ1) is 6.77. The minimum absolute atomic E-state index is 0.114. The topological polar surface area (TPSA) is 74.2 Å². The summed E-state index contributed by atoms with van der Waals surface area (Å²) in [6.45, 7) is 5.91. The first-order valence-electron chi connectivity index (χ1n) is 4.78. The lowest BCUT2D eigenvalue weighted by molar-refractivity contribution is 0.176. The maximum absolute atomic E-state index is 10.8. The van der Waals surface area contributed by atoms with Crippen molar-refractivity contribution in [1.29, 1.82) is 0 Å². The summed E-state index contributed by atoms with van der Waals surface area (Å²) in [5, 5.41) is 6.95. The maximum Gasteiger partial charge on any atom is 0.438 e. The number of rotatable bonds is 2. The second kappa shape index (κ2) is 3.93. The molecule has 1 atom stereocenters. The van der Waals surface area contributed by atoms with Crippen LogP contribution in [-0.2, 0) is 0 Å². The molecule has 1 aromatic rings. The van der Waals surface area contributed by atoms with Crippen molar-refractivity contribution in [2.75, 3.05) is 26.2 Å². The van der Waals surface area contributed by atoms with Crippen LogP contribution < -0.4 is 11.1 Å². The van der Waals surface area contributed by atoms with Gasteiger partial charge < -0.3 is 5.32 Å². The first-order valence-corrected chi connectivity index (χ1v) is 4.78. The Kier molecular flexibility index (Phi) is 2.64. The van der Waals surface area contributed by atoms with Crippen LogP contribution in [0.2, 0.25) is 0 Å². The van der Waals surface area contributed by atoms with E-state index in [1.54, 1.807) is 0 Å². The lowest BCUT2D eigenvalue weighted by atomic mass is 10.2. The monoisotopic (exact) mass is 198 g/mol. The van der Waals surface area contributed by atoms with Crippen molar-refractivity contribution >= 4 is 0 Å². The number of aromatic nitrogens is 2. The van der Waals surface area contributed by atoms with E-state index in [9.17, 15) is 4.79 Å². The van der Waals surface area contributed by atoms with Crippen molar-refractivity contribution in [3.8, 4) is 0 Å².